The minimum atomic E-state index is -0.367. The molecule has 32 heavy (non-hydrogen) atoms. The number of imide groups is 1. The van der Waals surface area contributed by atoms with E-state index in [0.717, 1.165) is 28.5 Å². The first-order valence-corrected chi connectivity index (χ1v) is 11.8. The van der Waals surface area contributed by atoms with Gasteiger partial charge in [-0.05, 0) is 64.1 Å². The zero-order valence-electron chi connectivity index (χ0n) is 19.0. The van der Waals surface area contributed by atoms with Crippen LogP contribution in [0.2, 0.25) is 10.0 Å². The van der Waals surface area contributed by atoms with Crippen molar-refractivity contribution in [2.75, 3.05) is 0 Å². The van der Waals surface area contributed by atoms with Crippen LogP contribution in [0.1, 0.15) is 63.8 Å². The summed E-state index contributed by atoms with van der Waals surface area (Å²) < 4.78 is 0. The number of benzene rings is 2. The van der Waals surface area contributed by atoms with Crippen molar-refractivity contribution in [3.63, 3.8) is 0 Å². The molecule has 0 aliphatic carbocycles. The lowest BCUT2D eigenvalue weighted by Crippen LogP contribution is -2.27. The summed E-state index contributed by atoms with van der Waals surface area (Å²) in [6.07, 6.45) is 1.72. The Balaban J connectivity index is 2.00. The minimum absolute atomic E-state index is 0.0774. The second-order valence-electron chi connectivity index (χ2n) is 9.97. The molecule has 1 heterocycles. The Bertz CT molecular complexity index is 1090. The number of thioether (sulfide) groups is 1. The lowest BCUT2D eigenvalue weighted by atomic mass is 9.78. The molecule has 0 radical (unpaired) electrons. The quantitative estimate of drug-likeness (QED) is 0.450. The molecular weight excluding hydrogens is 465 g/mol. The molecule has 2 aromatic carbocycles. The predicted octanol–water partition coefficient (Wildman–Crippen LogP) is 7.53. The Morgan fingerprint density at radius 1 is 0.969 bits per heavy atom. The van der Waals surface area contributed by atoms with Crippen molar-refractivity contribution >= 4 is 52.2 Å². The average Bonchev–Trinajstić information content (AvgIpc) is 2.90. The lowest BCUT2D eigenvalue weighted by molar-refractivity contribution is -0.123. The van der Waals surface area contributed by atoms with Gasteiger partial charge in [-0.2, -0.15) is 0 Å². The molecule has 0 spiro atoms. The first-order chi connectivity index (χ1) is 14.7. The number of halogens is 2. The van der Waals surface area contributed by atoms with E-state index in [1.165, 1.54) is 4.90 Å². The molecule has 1 N–H and O–H groups in total. The van der Waals surface area contributed by atoms with E-state index < -0.39 is 0 Å². The Morgan fingerprint density at radius 2 is 1.53 bits per heavy atom. The van der Waals surface area contributed by atoms with Gasteiger partial charge in [0.1, 0.15) is 5.75 Å². The van der Waals surface area contributed by atoms with E-state index in [-0.39, 0.29) is 34.3 Å². The summed E-state index contributed by atoms with van der Waals surface area (Å²) in [5.74, 6) is -0.0960. The van der Waals surface area contributed by atoms with E-state index in [4.69, 9.17) is 23.2 Å². The molecule has 7 heteroatoms. The SMILES string of the molecule is CC(C)(C)c1cc(/C=C2\SC(=O)N(Cc3ccc(Cl)cc3Cl)C2=O)cc(C(C)(C)C)c1O. The van der Waals surface area contributed by atoms with E-state index in [2.05, 4.69) is 0 Å². The third-order valence-electron chi connectivity index (χ3n) is 5.26. The number of hydrogen-bond acceptors (Lipinski definition) is 4. The minimum Gasteiger partial charge on any atom is -0.507 e. The number of phenolic OH excluding ortho intramolecular Hbond substituents is 1. The van der Waals surface area contributed by atoms with Crippen LogP contribution in [0, 0.1) is 0 Å². The molecule has 0 aromatic heterocycles. The van der Waals surface area contributed by atoms with Crippen molar-refractivity contribution in [2.45, 2.75) is 58.9 Å². The van der Waals surface area contributed by atoms with Gasteiger partial charge in [0.25, 0.3) is 11.1 Å². The fourth-order valence-corrected chi connectivity index (χ4v) is 4.80. The molecule has 1 fully saturated rings. The summed E-state index contributed by atoms with van der Waals surface area (Å²) >= 11 is 13.1. The molecule has 0 saturated carbocycles. The van der Waals surface area contributed by atoms with E-state index in [1.807, 2.05) is 53.7 Å². The molecule has 170 valence electrons. The average molecular weight is 492 g/mol. The number of nitrogens with zero attached hydrogens (tertiary/aromatic N) is 1. The molecular formula is C25H27Cl2NO3S. The molecule has 0 bridgehead atoms. The van der Waals surface area contributed by atoms with Crippen molar-refractivity contribution < 1.29 is 14.7 Å². The van der Waals surface area contributed by atoms with Gasteiger partial charge < -0.3 is 5.11 Å². The number of phenols is 1. The highest BCUT2D eigenvalue weighted by Gasteiger charge is 2.36. The smallest absolute Gasteiger partial charge is 0.293 e. The molecule has 0 unspecified atom stereocenters. The molecule has 1 aliphatic heterocycles. The molecule has 1 saturated heterocycles. The highest BCUT2D eigenvalue weighted by atomic mass is 35.5. The summed E-state index contributed by atoms with van der Waals surface area (Å²) in [5.41, 5.74) is 2.42. The Kier molecular flexibility index (Phi) is 6.77. The maximum atomic E-state index is 13.0. The second-order valence-corrected chi connectivity index (χ2v) is 11.8. The predicted molar refractivity (Wildman–Crippen MR) is 133 cm³/mol. The maximum Gasteiger partial charge on any atom is 0.293 e. The zero-order valence-corrected chi connectivity index (χ0v) is 21.4. The van der Waals surface area contributed by atoms with Gasteiger partial charge in [-0.3, -0.25) is 14.5 Å². The van der Waals surface area contributed by atoms with E-state index in [0.29, 0.717) is 20.5 Å². The van der Waals surface area contributed by atoms with Crippen LogP contribution >= 0.6 is 35.0 Å². The Morgan fingerprint density at radius 3 is 2.03 bits per heavy atom. The van der Waals surface area contributed by atoms with Gasteiger partial charge in [-0.1, -0.05) is 70.8 Å². The van der Waals surface area contributed by atoms with Gasteiger partial charge in [0.15, 0.2) is 0 Å². The van der Waals surface area contributed by atoms with Crippen LogP contribution in [0.4, 0.5) is 4.79 Å². The van der Waals surface area contributed by atoms with Crippen LogP contribution in [0.15, 0.2) is 35.2 Å². The lowest BCUT2D eigenvalue weighted by Gasteiger charge is -2.28. The van der Waals surface area contributed by atoms with Gasteiger partial charge in [0, 0.05) is 21.2 Å². The first kappa shape index (κ1) is 24.7. The molecule has 2 amide bonds. The van der Waals surface area contributed by atoms with Gasteiger partial charge in [-0.25, -0.2) is 0 Å². The molecule has 1 aliphatic rings. The van der Waals surface area contributed by atoms with Crippen LogP contribution in [0.3, 0.4) is 0 Å². The van der Waals surface area contributed by atoms with Crippen molar-refractivity contribution in [2.24, 2.45) is 0 Å². The van der Waals surface area contributed by atoms with E-state index in [9.17, 15) is 14.7 Å². The summed E-state index contributed by atoms with van der Waals surface area (Å²) in [6.45, 7) is 12.3. The highest BCUT2D eigenvalue weighted by Crippen LogP contribution is 2.41. The van der Waals surface area contributed by atoms with E-state index in [1.54, 1.807) is 24.3 Å². The second kappa shape index (κ2) is 8.77. The number of aromatic hydroxyl groups is 1. The van der Waals surface area contributed by atoms with Crippen LogP contribution in [-0.4, -0.2) is 21.2 Å². The standard InChI is InChI=1S/C25H27Cl2NO3S/c1-24(2,3)17-9-14(10-18(21(17)29)25(4,5)6)11-20-22(30)28(23(31)32-20)13-15-7-8-16(26)12-19(15)27/h7-12,29H,13H2,1-6H3/b20-11-. The van der Waals surface area contributed by atoms with Crippen LogP contribution in [0.25, 0.3) is 6.08 Å². The summed E-state index contributed by atoms with van der Waals surface area (Å²) in [4.78, 5) is 27.1. The fraction of sp³-hybridized carbons (Fsp3) is 0.360. The number of hydrogen-bond donors (Lipinski definition) is 1. The van der Waals surface area contributed by atoms with Gasteiger partial charge in [-0.15, -0.1) is 0 Å². The number of carbonyl (C=O) groups is 2. The van der Waals surface area contributed by atoms with Crippen LogP contribution in [-0.2, 0) is 22.2 Å². The van der Waals surface area contributed by atoms with E-state index >= 15 is 0 Å². The first-order valence-electron chi connectivity index (χ1n) is 10.3. The van der Waals surface area contributed by atoms with Gasteiger partial charge in [0.05, 0.1) is 11.4 Å². The summed E-state index contributed by atoms with van der Waals surface area (Å²) in [6, 6.07) is 8.74. The van der Waals surface area contributed by atoms with Crippen molar-refractivity contribution in [1.29, 1.82) is 0 Å². The highest BCUT2D eigenvalue weighted by molar-refractivity contribution is 8.18. The third-order valence-corrected chi connectivity index (χ3v) is 6.76. The Hall–Kier alpha value is -1.95. The molecule has 4 nitrogen and oxygen atoms in total. The molecule has 2 aromatic rings. The van der Waals surface area contributed by atoms with Crippen molar-refractivity contribution in [3.05, 3.63) is 67.5 Å². The fourth-order valence-electron chi connectivity index (χ4n) is 3.49. The van der Waals surface area contributed by atoms with Crippen LogP contribution in [0.5, 0.6) is 5.75 Å². The van der Waals surface area contributed by atoms with Gasteiger partial charge >= 0.3 is 0 Å². The zero-order chi connectivity index (χ0) is 24.0. The van der Waals surface area contributed by atoms with Gasteiger partial charge in [0.2, 0.25) is 0 Å². The summed E-state index contributed by atoms with van der Waals surface area (Å²) in [7, 11) is 0. The normalized spacial score (nSPS) is 16.4. The molecule has 3 rings (SSSR count). The third kappa shape index (κ3) is 5.16. The maximum absolute atomic E-state index is 13.0. The molecule has 0 atom stereocenters. The topological polar surface area (TPSA) is 57.6 Å². The number of amides is 2. The van der Waals surface area contributed by atoms with Crippen molar-refractivity contribution in [3.8, 4) is 5.75 Å². The number of rotatable bonds is 3. The monoisotopic (exact) mass is 491 g/mol. The number of carbonyl (C=O) groups excluding carboxylic acids is 2. The van der Waals surface area contributed by atoms with Crippen molar-refractivity contribution in [1.82, 2.24) is 4.90 Å². The largest absolute Gasteiger partial charge is 0.507 e. The Labute approximate surface area is 203 Å². The van der Waals surface area contributed by atoms with Crippen LogP contribution < -0.4 is 0 Å². The summed E-state index contributed by atoms with van der Waals surface area (Å²) in [5, 5.41) is 11.5.